The van der Waals surface area contributed by atoms with Crippen molar-refractivity contribution >= 4 is 49.4 Å². The van der Waals surface area contributed by atoms with Crippen molar-refractivity contribution in [3.05, 3.63) is 163 Å². The molecule has 0 heterocycles. The number of fused-ring (bicyclic) bond motifs is 2. The molecule has 0 amide bonds. The molecule has 43 heavy (non-hydrogen) atoms. The molecule has 7 aromatic rings. The van der Waals surface area contributed by atoms with Gasteiger partial charge in [-0.1, -0.05) is 110 Å². The first-order valence-corrected chi connectivity index (χ1v) is 30.7. The average molecular weight is 780 g/mol. The van der Waals surface area contributed by atoms with E-state index in [1.807, 2.05) is 18.2 Å². The zero-order valence-corrected chi connectivity index (χ0v) is 30.8. The maximum atomic E-state index is 5.99. The first-order chi connectivity index (χ1) is 20.9. The van der Waals surface area contributed by atoms with E-state index in [0.717, 1.165) is 0 Å². The molecule has 0 aliphatic carbocycles. The van der Waals surface area contributed by atoms with Crippen LogP contribution in [0.4, 0.5) is 0 Å². The van der Waals surface area contributed by atoms with Crippen LogP contribution in [0.25, 0.3) is 43.8 Å². The van der Waals surface area contributed by atoms with Crippen molar-refractivity contribution in [1.82, 2.24) is 0 Å². The van der Waals surface area contributed by atoms with E-state index in [-0.39, 0.29) is 0 Å². The standard InChI is InChI=1S/2C16H13.C7H8Si.2ClH.Hf/c2*1-12-9-10-14(11-12)16-8-4-6-13-5-2-3-7-15(13)16;1-8-7-5-3-2-4-6-7;;;/h2*2-11H,1H3;2-6H,1H3;2*1H;/q2*-1;;;;+2/p-2. The minimum Gasteiger partial charge on any atom is -0.203 e. The molecular weight excluding hydrogens is 746 g/mol. The molecule has 214 valence electrons. The van der Waals surface area contributed by atoms with Crippen molar-refractivity contribution in [2.45, 2.75) is 20.4 Å². The Bertz CT molecular complexity index is 1850. The second-order valence-corrected chi connectivity index (χ2v) is 39.5. The molecule has 0 atom stereocenters. The van der Waals surface area contributed by atoms with Crippen LogP contribution in [0.2, 0.25) is 6.55 Å². The Kier molecular flexibility index (Phi) is 11.0. The predicted molar refractivity (Wildman–Crippen MR) is 189 cm³/mol. The van der Waals surface area contributed by atoms with Gasteiger partial charge in [-0.3, -0.25) is 0 Å². The topological polar surface area (TPSA) is 0 Å². The van der Waals surface area contributed by atoms with Gasteiger partial charge in [0.25, 0.3) is 0 Å². The van der Waals surface area contributed by atoms with Crippen LogP contribution in [-0.2, 0) is 17.7 Å². The number of benzene rings is 5. The van der Waals surface area contributed by atoms with Gasteiger partial charge in [0, 0.05) is 0 Å². The van der Waals surface area contributed by atoms with Crippen molar-refractivity contribution in [3.63, 3.8) is 0 Å². The fraction of sp³-hybridized carbons (Fsp3) is 0.0769. The van der Waals surface area contributed by atoms with Crippen LogP contribution in [0.3, 0.4) is 0 Å². The van der Waals surface area contributed by atoms with E-state index >= 15 is 0 Å². The Morgan fingerprint density at radius 2 is 0.953 bits per heavy atom. The van der Waals surface area contributed by atoms with Crippen molar-refractivity contribution < 1.29 is 17.7 Å². The second-order valence-electron chi connectivity index (χ2n) is 10.7. The number of hydrogen-bond acceptors (Lipinski definition) is 0. The van der Waals surface area contributed by atoms with Crippen molar-refractivity contribution in [3.8, 4) is 22.3 Å². The van der Waals surface area contributed by atoms with Crippen LogP contribution in [0, 0.1) is 13.8 Å². The van der Waals surface area contributed by atoms with Crippen LogP contribution in [0.1, 0.15) is 11.1 Å². The van der Waals surface area contributed by atoms with Crippen molar-refractivity contribution in [1.29, 1.82) is 0 Å². The maximum Gasteiger partial charge on any atom is -0.0189 e. The van der Waals surface area contributed by atoms with Gasteiger partial charge >= 0.3 is 82.4 Å². The molecule has 0 saturated heterocycles. The van der Waals surface area contributed by atoms with Crippen LogP contribution < -0.4 is 5.19 Å². The Labute approximate surface area is 270 Å². The Hall–Kier alpha value is -3.01. The van der Waals surface area contributed by atoms with Gasteiger partial charge < -0.3 is 0 Å². The third-order valence-electron chi connectivity index (χ3n) is 7.51. The maximum absolute atomic E-state index is 5.99. The zero-order chi connectivity index (χ0) is 30.2. The molecule has 0 radical (unpaired) electrons. The minimum absolute atomic E-state index is 0.540. The molecule has 0 aromatic heterocycles. The SMILES string of the molecule is C[Si](c1ccccc1)=[Hf]([Cl])[Cl].Cc1cc(-c2cccc3ccccc23)c[cH-]1.Cc1cc(-c2cccc3ccccc23)c[cH-]1. The molecule has 0 unspecified atom stereocenters. The molecule has 0 fully saturated rings. The molecule has 7 aromatic carbocycles. The monoisotopic (exact) mass is 780 g/mol. The molecule has 7 rings (SSSR count). The summed E-state index contributed by atoms with van der Waals surface area (Å²) in [5, 5.41) is 6.65. The minimum atomic E-state index is -2.10. The van der Waals surface area contributed by atoms with E-state index in [2.05, 4.69) is 154 Å². The van der Waals surface area contributed by atoms with Gasteiger partial charge in [-0.2, -0.15) is 46.5 Å². The van der Waals surface area contributed by atoms with Gasteiger partial charge in [0.15, 0.2) is 0 Å². The fourth-order valence-corrected chi connectivity index (χ4v) is 15.6. The summed E-state index contributed by atoms with van der Waals surface area (Å²) in [7, 11) is 12.0. The van der Waals surface area contributed by atoms with E-state index in [9.17, 15) is 0 Å². The first-order valence-electron chi connectivity index (χ1n) is 14.4. The Morgan fingerprint density at radius 3 is 1.37 bits per heavy atom. The van der Waals surface area contributed by atoms with E-state index < -0.39 is 23.2 Å². The quantitative estimate of drug-likeness (QED) is 0.124. The van der Waals surface area contributed by atoms with Gasteiger partial charge in [0.2, 0.25) is 0 Å². The molecule has 0 spiro atoms. The Morgan fingerprint density at radius 1 is 0.535 bits per heavy atom. The van der Waals surface area contributed by atoms with Gasteiger partial charge in [0.1, 0.15) is 0 Å². The predicted octanol–water partition coefficient (Wildman–Crippen LogP) is 11.5. The van der Waals surface area contributed by atoms with Crippen molar-refractivity contribution in [2.75, 3.05) is 0 Å². The van der Waals surface area contributed by atoms with Gasteiger partial charge in [0.05, 0.1) is 0 Å². The smallest absolute Gasteiger partial charge is 0.0189 e. The molecule has 0 N–H and O–H groups in total. The van der Waals surface area contributed by atoms with E-state index in [0.29, 0.717) is 0 Å². The second kappa shape index (κ2) is 15.1. The van der Waals surface area contributed by atoms with Gasteiger partial charge in [-0.15, -0.1) is 0 Å². The third-order valence-corrected chi connectivity index (χ3v) is 32.4. The fourth-order valence-electron chi connectivity index (χ4n) is 5.21. The summed E-state index contributed by atoms with van der Waals surface area (Å²) in [5.74, 6) is 0. The van der Waals surface area contributed by atoms with E-state index in [4.69, 9.17) is 17.2 Å². The molecule has 4 heteroatoms. The van der Waals surface area contributed by atoms with Crippen LogP contribution in [0.15, 0.2) is 152 Å². The Balaban J connectivity index is 0.000000131. The molecule has 0 saturated carbocycles. The summed E-state index contributed by atoms with van der Waals surface area (Å²) in [5.41, 5.74) is 7.38. The summed E-state index contributed by atoms with van der Waals surface area (Å²) in [4.78, 5) is 0. The van der Waals surface area contributed by atoms with Crippen LogP contribution in [0.5, 0.6) is 0 Å². The summed E-state index contributed by atoms with van der Waals surface area (Å²) in [6.45, 7) is 6.48. The largest absolute Gasteiger partial charge is 0.203 e. The molecule has 0 aliphatic heterocycles. The number of halogens is 2. The normalized spacial score (nSPS) is 10.4. The third kappa shape index (κ3) is 8.13. The molecule has 0 aliphatic rings. The first kappa shape index (κ1) is 31.4. The van der Waals surface area contributed by atoms with Crippen LogP contribution >= 0.6 is 17.2 Å². The number of rotatable bonds is 3. The summed E-state index contributed by atoms with van der Waals surface area (Å²) in [6, 6.07) is 53.6. The number of aryl methyl sites for hydroxylation is 2. The van der Waals surface area contributed by atoms with E-state index in [1.54, 1.807) is 0 Å². The molecule has 0 nitrogen and oxygen atoms in total. The van der Waals surface area contributed by atoms with E-state index in [1.165, 1.54) is 60.1 Å². The van der Waals surface area contributed by atoms with Gasteiger partial charge in [-0.25, -0.2) is 12.1 Å². The number of hydrogen-bond donors (Lipinski definition) is 0. The zero-order valence-electron chi connectivity index (χ0n) is 24.7. The molecular formula is C39H34Cl2HfSi-2. The average Bonchev–Trinajstić information content (AvgIpc) is 3.69. The van der Waals surface area contributed by atoms with Crippen molar-refractivity contribution in [2.24, 2.45) is 0 Å². The summed E-state index contributed by atoms with van der Waals surface area (Å²) >= 11 is -2.10. The molecule has 0 bridgehead atoms. The van der Waals surface area contributed by atoms with Gasteiger partial charge in [-0.05, 0) is 21.5 Å². The summed E-state index contributed by atoms with van der Waals surface area (Å²) in [6.07, 6.45) is 0. The summed E-state index contributed by atoms with van der Waals surface area (Å²) < 4.78 is 0. The van der Waals surface area contributed by atoms with Crippen LogP contribution in [-0.4, -0.2) is 5.49 Å².